The summed E-state index contributed by atoms with van der Waals surface area (Å²) in [5.74, 6) is -0.0584. The molecule has 0 aliphatic heterocycles. The van der Waals surface area contributed by atoms with E-state index in [2.05, 4.69) is 15.1 Å². The maximum absolute atomic E-state index is 12.4. The molecule has 0 radical (unpaired) electrons. The number of rotatable bonds is 4. The first-order chi connectivity index (χ1) is 12.1. The van der Waals surface area contributed by atoms with Crippen LogP contribution in [0.2, 0.25) is 0 Å². The maximum Gasteiger partial charge on any atom is 0.344 e. The first kappa shape index (κ1) is 15.8. The second-order valence-electron chi connectivity index (χ2n) is 5.85. The fourth-order valence-electron chi connectivity index (χ4n) is 2.85. The molecule has 0 amide bonds. The summed E-state index contributed by atoms with van der Waals surface area (Å²) in [6.07, 6.45) is 1.93. The highest BCUT2D eigenvalue weighted by Crippen LogP contribution is 2.25. The van der Waals surface area contributed by atoms with Crippen LogP contribution in [0.25, 0.3) is 10.7 Å². The molecule has 0 unspecified atom stereocenters. The van der Waals surface area contributed by atoms with E-state index in [1.807, 2.05) is 17.5 Å². The molecule has 0 bridgehead atoms. The molecule has 1 atom stereocenters. The summed E-state index contributed by atoms with van der Waals surface area (Å²) in [4.78, 5) is 32.3. The second-order valence-corrected chi connectivity index (χ2v) is 6.80. The Bertz CT molecular complexity index is 974. The summed E-state index contributed by atoms with van der Waals surface area (Å²) in [5.41, 5.74) is 1.48. The van der Waals surface area contributed by atoms with Crippen LogP contribution in [0.5, 0.6) is 0 Å². The van der Waals surface area contributed by atoms with E-state index in [9.17, 15) is 9.59 Å². The number of nitrogens with zero attached hydrogens (tertiary/aromatic N) is 2. The minimum atomic E-state index is -0.749. The predicted octanol–water partition coefficient (Wildman–Crippen LogP) is 2.89. The predicted molar refractivity (Wildman–Crippen MR) is 90.5 cm³/mol. The summed E-state index contributed by atoms with van der Waals surface area (Å²) in [6.45, 7) is 1.63. The van der Waals surface area contributed by atoms with Crippen LogP contribution in [-0.4, -0.2) is 21.1 Å². The normalized spacial score (nSPS) is 14.3. The number of H-pyrrole nitrogens is 1. The van der Waals surface area contributed by atoms with Gasteiger partial charge >= 0.3 is 5.97 Å². The Kier molecular flexibility index (Phi) is 3.96. The Morgan fingerprint density at radius 3 is 3.12 bits per heavy atom. The van der Waals surface area contributed by atoms with Crippen LogP contribution in [0.1, 0.15) is 47.0 Å². The van der Waals surface area contributed by atoms with Crippen LogP contribution in [-0.2, 0) is 17.6 Å². The summed E-state index contributed by atoms with van der Waals surface area (Å²) in [7, 11) is 0. The maximum atomic E-state index is 12.4. The lowest BCUT2D eigenvalue weighted by Crippen LogP contribution is -2.22. The lowest BCUT2D eigenvalue weighted by Gasteiger charge is -2.09. The van der Waals surface area contributed by atoms with Gasteiger partial charge in [0.05, 0.1) is 4.88 Å². The minimum Gasteiger partial charge on any atom is -0.449 e. The van der Waals surface area contributed by atoms with E-state index in [1.165, 1.54) is 11.3 Å². The molecular formula is C17H15N3O4S. The smallest absolute Gasteiger partial charge is 0.344 e. The number of ether oxygens (including phenoxy) is 1. The molecule has 1 N–H and O–H groups in total. The third-order valence-corrected chi connectivity index (χ3v) is 4.99. The van der Waals surface area contributed by atoms with Gasteiger partial charge in [0.2, 0.25) is 5.82 Å². The summed E-state index contributed by atoms with van der Waals surface area (Å²) < 4.78 is 10.5. The fourth-order valence-corrected chi connectivity index (χ4v) is 3.49. The number of esters is 1. The van der Waals surface area contributed by atoms with Crippen molar-refractivity contribution >= 4 is 17.3 Å². The van der Waals surface area contributed by atoms with Crippen LogP contribution in [0, 0.1) is 0 Å². The van der Waals surface area contributed by atoms with Gasteiger partial charge in [0.15, 0.2) is 6.10 Å². The van der Waals surface area contributed by atoms with Gasteiger partial charge in [0.1, 0.15) is 5.56 Å². The standard InChI is InChI=1S/C17H15N3O4S/c1-9(16-19-14(20-24-16)13-6-3-7-25-13)23-17(22)11-8-10-4-2-5-12(10)18-15(11)21/h3,6-9H,2,4-5H2,1H3,(H,18,21)/t9-/m0/s1. The van der Waals surface area contributed by atoms with Crippen molar-refractivity contribution in [3.8, 4) is 10.7 Å². The molecule has 0 spiro atoms. The van der Waals surface area contributed by atoms with Crippen molar-refractivity contribution in [2.24, 2.45) is 0 Å². The van der Waals surface area contributed by atoms with Gasteiger partial charge in [-0.25, -0.2) is 4.79 Å². The average molecular weight is 357 g/mol. The topological polar surface area (TPSA) is 98.1 Å². The van der Waals surface area contributed by atoms with Gasteiger partial charge in [-0.2, -0.15) is 4.98 Å². The zero-order valence-corrected chi connectivity index (χ0v) is 14.3. The molecule has 25 heavy (non-hydrogen) atoms. The molecule has 1 aliphatic rings. The van der Waals surface area contributed by atoms with E-state index >= 15 is 0 Å². The number of carbonyl (C=O) groups excluding carboxylic acids is 1. The highest BCUT2D eigenvalue weighted by atomic mass is 32.1. The SMILES string of the molecule is C[C@H](OC(=O)c1cc2c([nH]c1=O)CCC2)c1nc(-c2cccs2)no1. The number of aromatic amines is 1. The van der Waals surface area contributed by atoms with Crippen LogP contribution < -0.4 is 5.56 Å². The molecule has 4 rings (SSSR count). The molecule has 0 saturated carbocycles. The molecule has 8 heteroatoms. The van der Waals surface area contributed by atoms with Crippen molar-refractivity contribution < 1.29 is 14.1 Å². The highest BCUT2D eigenvalue weighted by Gasteiger charge is 2.24. The Hall–Kier alpha value is -2.74. The van der Waals surface area contributed by atoms with Gasteiger partial charge in [0.25, 0.3) is 11.4 Å². The number of hydrogen-bond donors (Lipinski definition) is 1. The Morgan fingerprint density at radius 2 is 2.32 bits per heavy atom. The van der Waals surface area contributed by atoms with E-state index in [0.717, 1.165) is 35.4 Å². The Balaban J connectivity index is 1.52. The number of thiophene rings is 1. The number of hydrogen-bond acceptors (Lipinski definition) is 7. The van der Waals surface area contributed by atoms with Crippen LogP contribution in [0.3, 0.4) is 0 Å². The van der Waals surface area contributed by atoms with Gasteiger partial charge in [-0.3, -0.25) is 4.79 Å². The van der Waals surface area contributed by atoms with Crippen LogP contribution >= 0.6 is 11.3 Å². The molecule has 3 heterocycles. The van der Waals surface area contributed by atoms with E-state index in [1.54, 1.807) is 13.0 Å². The summed E-state index contributed by atoms with van der Waals surface area (Å²) in [5, 5.41) is 5.80. The van der Waals surface area contributed by atoms with Gasteiger partial charge in [-0.15, -0.1) is 11.3 Å². The first-order valence-corrected chi connectivity index (χ1v) is 8.83. The number of pyridine rings is 1. The highest BCUT2D eigenvalue weighted by molar-refractivity contribution is 7.13. The summed E-state index contributed by atoms with van der Waals surface area (Å²) >= 11 is 1.49. The molecule has 3 aromatic rings. The van der Waals surface area contributed by atoms with Crippen LogP contribution in [0.15, 0.2) is 32.9 Å². The van der Waals surface area contributed by atoms with Crippen molar-refractivity contribution in [3.63, 3.8) is 0 Å². The Labute approximate surface area is 146 Å². The van der Waals surface area contributed by atoms with Crippen molar-refractivity contribution in [3.05, 3.63) is 56.6 Å². The van der Waals surface area contributed by atoms with Gasteiger partial charge in [0, 0.05) is 5.69 Å². The summed E-state index contributed by atoms with van der Waals surface area (Å²) in [6, 6.07) is 5.39. The van der Waals surface area contributed by atoms with Crippen molar-refractivity contribution in [1.82, 2.24) is 15.1 Å². The number of nitrogens with one attached hydrogen (secondary N) is 1. The molecule has 3 aromatic heterocycles. The second kappa shape index (κ2) is 6.29. The third kappa shape index (κ3) is 3.00. The largest absolute Gasteiger partial charge is 0.449 e. The molecule has 0 fully saturated rings. The van der Waals surface area contributed by atoms with Crippen molar-refractivity contribution in [2.45, 2.75) is 32.3 Å². The monoisotopic (exact) mass is 357 g/mol. The molecule has 1 aliphatic carbocycles. The lowest BCUT2D eigenvalue weighted by atomic mass is 10.1. The number of aromatic nitrogens is 3. The van der Waals surface area contributed by atoms with Gasteiger partial charge < -0.3 is 14.2 Å². The molecule has 128 valence electrons. The van der Waals surface area contributed by atoms with Crippen molar-refractivity contribution in [1.29, 1.82) is 0 Å². The van der Waals surface area contributed by atoms with E-state index in [0.29, 0.717) is 5.82 Å². The van der Waals surface area contributed by atoms with E-state index in [-0.39, 0.29) is 11.5 Å². The number of carbonyl (C=O) groups is 1. The fraction of sp³-hybridized carbons (Fsp3) is 0.294. The molecule has 0 aromatic carbocycles. The van der Waals surface area contributed by atoms with Gasteiger partial charge in [-0.1, -0.05) is 11.2 Å². The first-order valence-electron chi connectivity index (χ1n) is 7.95. The number of fused-ring (bicyclic) bond motifs is 1. The van der Waals surface area contributed by atoms with E-state index in [4.69, 9.17) is 9.26 Å². The van der Waals surface area contributed by atoms with Gasteiger partial charge in [-0.05, 0) is 49.3 Å². The average Bonchev–Trinajstić information content (AvgIpc) is 3.33. The lowest BCUT2D eigenvalue weighted by molar-refractivity contribution is 0.0263. The zero-order valence-electron chi connectivity index (χ0n) is 13.4. The quantitative estimate of drug-likeness (QED) is 0.721. The van der Waals surface area contributed by atoms with E-state index < -0.39 is 17.6 Å². The minimum absolute atomic E-state index is 0.00509. The number of aryl methyl sites for hydroxylation is 2. The molecular weight excluding hydrogens is 342 g/mol. The molecule has 0 saturated heterocycles. The zero-order chi connectivity index (χ0) is 17.4. The molecule has 7 nitrogen and oxygen atoms in total. The van der Waals surface area contributed by atoms with Crippen molar-refractivity contribution in [2.75, 3.05) is 0 Å². The van der Waals surface area contributed by atoms with Crippen LogP contribution in [0.4, 0.5) is 0 Å². The third-order valence-electron chi connectivity index (χ3n) is 4.12. The Morgan fingerprint density at radius 1 is 1.44 bits per heavy atom.